The zero-order valence-electron chi connectivity index (χ0n) is 19.4. The van der Waals surface area contributed by atoms with Gasteiger partial charge >= 0.3 is 5.97 Å². The normalized spacial score (nSPS) is 15.7. The molecule has 0 radical (unpaired) electrons. The molecule has 32 heavy (non-hydrogen) atoms. The maximum absolute atomic E-state index is 13.5. The van der Waals surface area contributed by atoms with Crippen molar-refractivity contribution in [3.05, 3.63) is 20.8 Å². The van der Waals surface area contributed by atoms with E-state index >= 15 is 0 Å². The maximum atomic E-state index is 13.5. The van der Waals surface area contributed by atoms with Crippen LogP contribution in [0, 0.1) is 11.8 Å². The van der Waals surface area contributed by atoms with Crippen LogP contribution in [0.5, 0.6) is 0 Å². The fourth-order valence-electron chi connectivity index (χ4n) is 3.84. The molecule has 0 fully saturated rings. The molecule has 7 nitrogen and oxygen atoms in total. The molecule has 1 aliphatic carbocycles. The molecule has 0 spiro atoms. The smallest absolute Gasteiger partial charge is 0.305 e. The first-order valence-corrected chi connectivity index (χ1v) is 13.1. The molecule has 1 atom stereocenters. The van der Waals surface area contributed by atoms with Crippen LogP contribution in [0.15, 0.2) is 9.95 Å². The van der Waals surface area contributed by atoms with Crippen LogP contribution in [-0.4, -0.2) is 40.8 Å². The van der Waals surface area contributed by atoms with Gasteiger partial charge in [0, 0.05) is 24.4 Å². The van der Waals surface area contributed by atoms with Crippen molar-refractivity contribution in [2.24, 2.45) is 11.8 Å². The van der Waals surface area contributed by atoms with E-state index in [-0.39, 0.29) is 29.6 Å². The molecule has 9 heteroatoms. The fraction of sp³-hybridized carbons (Fsp3) is 0.652. The first kappa shape index (κ1) is 24.8. The van der Waals surface area contributed by atoms with Gasteiger partial charge in [0.1, 0.15) is 4.83 Å². The van der Waals surface area contributed by atoms with Crippen LogP contribution in [-0.2, 0) is 33.7 Å². The van der Waals surface area contributed by atoms with Gasteiger partial charge in [0.15, 0.2) is 5.16 Å². The molecular weight excluding hydrogens is 446 g/mol. The van der Waals surface area contributed by atoms with E-state index < -0.39 is 0 Å². The Morgan fingerprint density at radius 1 is 1.38 bits per heavy atom. The molecule has 1 N–H and O–H groups in total. The third-order valence-corrected chi connectivity index (χ3v) is 7.87. The topological polar surface area (TPSA) is 90.3 Å². The summed E-state index contributed by atoms with van der Waals surface area (Å²) in [6, 6.07) is 0. The Morgan fingerprint density at radius 3 is 2.88 bits per heavy atom. The molecule has 2 aromatic heterocycles. The van der Waals surface area contributed by atoms with E-state index in [4.69, 9.17) is 4.98 Å². The Balaban J connectivity index is 1.77. The van der Waals surface area contributed by atoms with Gasteiger partial charge < -0.3 is 10.1 Å². The summed E-state index contributed by atoms with van der Waals surface area (Å²) < 4.78 is 6.37. The number of thiophene rings is 1. The molecule has 0 bridgehead atoms. The summed E-state index contributed by atoms with van der Waals surface area (Å²) in [6.45, 7) is 7.55. The zero-order chi connectivity index (χ0) is 23.3. The second-order valence-corrected chi connectivity index (χ2v) is 10.9. The van der Waals surface area contributed by atoms with E-state index in [1.165, 1.54) is 29.3 Å². The summed E-state index contributed by atoms with van der Waals surface area (Å²) in [7, 11) is 1.35. The summed E-state index contributed by atoms with van der Waals surface area (Å²) in [5.41, 5.74) is 1.22. The molecule has 2 aromatic rings. The molecule has 0 aromatic carbocycles. The van der Waals surface area contributed by atoms with Gasteiger partial charge in [-0.15, -0.1) is 11.3 Å². The van der Waals surface area contributed by atoms with Crippen molar-refractivity contribution in [3.63, 3.8) is 0 Å². The number of hydrogen-bond acceptors (Lipinski definition) is 7. The van der Waals surface area contributed by atoms with Crippen molar-refractivity contribution >= 4 is 45.2 Å². The van der Waals surface area contributed by atoms with Crippen LogP contribution in [0.1, 0.15) is 56.9 Å². The number of esters is 1. The summed E-state index contributed by atoms with van der Waals surface area (Å²) >= 11 is 2.94. The van der Waals surface area contributed by atoms with Crippen LogP contribution < -0.4 is 10.9 Å². The highest BCUT2D eigenvalue weighted by molar-refractivity contribution is 7.99. The predicted molar refractivity (Wildman–Crippen MR) is 130 cm³/mol. The third-order valence-electron chi connectivity index (χ3n) is 5.75. The monoisotopic (exact) mass is 479 g/mol. The van der Waals surface area contributed by atoms with E-state index in [2.05, 4.69) is 30.8 Å². The molecule has 1 unspecified atom stereocenters. The molecule has 3 rings (SSSR count). The maximum Gasteiger partial charge on any atom is 0.305 e. The number of carbonyl (C=O) groups excluding carboxylic acids is 2. The Kier molecular flexibility index (Phi) is 8.76. The molecule has 1 aliphatic rings. The highest BCUT2D eigenvalue weighted by Crippen LogP contribution is 2.36. The van der Waals surface area contributed by atoms with Gasteiger partial charge in [-0.05, 0) is 49.5 Å². The second kappa shape index (κ2) is 11.3. The van der Waals surface area contributed by atoms with Crippen LogP contribution in [0.25, 0.3) is 10.2 Å². The largest absolute Gasteiger partial charge is 0.469 e. The van der Waals surface area contributed by atoms with Crippen LogP contribution in [0.3, 0.4) is 0 Å². The third kappa shape index (κ3) is 6.13. The van der Waals surface area contributed by atoms with Crippen LogP contribution in [0.2, 0.25) is 0 Å². The number of aryl methyl sites for hydroxylation is 1. The predicted octanol–water partition coefficient (Wildman–Crippen LogP) is 3.79. The van der Waals surface area contributed by atoms with Crippen molar-refractivity contribution in [3.8, 4) is 0 Å². The van der Waals surface area contributed by atoms with E-state index in [9.17, 15) is 14.4 Å². The molecule has 176 valence electrons. The van der Waals surface area contributed by atoms with Crippen molar-refractivity contribution in [1.82, 2.24) is 14.9 Å². The number of carbonyl (C=O) groups is 2. The lowest BCUT2D eigenvalue weighted by Gasteiger charge is -2.18. The Labute approximate surface area is 197 Å². The number of rotatable bonds is 10. The minimum Gasteiger partial charge on any atom is -0.469 e. The molecule has 2 heterocycles. The lowest BCUT2D eigenvalue weighted by Crippen LogP contribution is -2.28. The number of nitrogens with one attached hydrogen (secondary N) is 1. The Hall–Kier alpha value is -1.87. The van der Waals surface area contributed by atoms with Gasteiger partial charge in [-0.1, -0.05) is 32.5 Å². The van der Waals surface area contributed by atoms with E-state index in [0.29, 0.717) is 36.5 Å². The highest BCUT2D eigenvalue weighted by atomic mass is 32.2. The molecular formula is C23H33N3O4S2. The van der Waals surface area contributed by atoms with E-state index in [1.54, 1.807) is 15.9 Å². The fourth-order valence-corrected chi connectivity index (χ4v) is 6.12. The standard InChI is InChI=1S/C23H33N3O4S2/c1-14(2)9-11-26-22(29)20-16-8-7-15(3)12-17(16)32-21(20)25-23(26)31-13-18(27)24-10-5-6-19(28)30-4/h14-15H,5-13H2,1-4H3,(H,24,27). The number of aromatic nitrogens is 2. The van der Waals surface area contributed by atoms with Crippen molar-refractivity contribution in [2.45, 2.75) is 71.0 Å². The van der Waals surface area contributed by atoms with Gasteiger partial charge in [-0.2, -0.15) is 0 Å². The van der Waals surface area contributed by atoms with Gasteiger partial charge in [-0.25, -0.2) is 4.98 Å². The SMILES string of the molecule is COC(=O)CCCNC(=O)CSc1nc2sc3c(c2c(=O)n1CCC(C)C)CCC(C)C3. The van der Waals surface area contributed by atoms with E-state index in [0.717, 1.165) is 35.9 Å². The summed E-state index contributed by atoms with van der Waals surface area (Å²) in [5, 5.41) is 4.22. The lowest BCUT2D eigenvalue weighted by atomic mass is 9.89. The van der Waals surface area contributed by atoms with E-state index in [1.807, 2.05) is 0 Å². The zero-order valence-corrected chi connectivity index (χ0v) is 21.0. The lowest BCUT2D eigenvalue weighted by molar-refractivity contribution is -0.140. The summed E-state index contributed by atoms with van der Waals surface area (Å²) in [6.07, 6.45) is 4.75. The minimum absolute atomic E-state index is 0.0312. The number of amides is 1. The van der Waals surface area contributed by atoms with Gasteiger partial charge in [0.05, 0.1) is 18.2 Å². The summed E-state index contributed by atoms with van der Waals surface area (Å²) in [4.78, 5) is 43.9. The second-order valence-electron chi connectivity index (χ2n) is 8.88. The first-order chi connectivity index (χ1) is 15.3. The number of fused-ring (bicyclic) bond motifs is 3. The van der Waals surface area contributed by atoms with Crippen LogP contribution in [0.4, 0.5) is 0 Å². The number of nitrogens with zero attached hydrogens (tertiary/aromatic N) is 2. The van der Waals surface area contributed by atoms with Crippen molar-refractivity contribution < 1.29 is 14.3 Å². The minimum atomic E-state index is -0.284. The number of thioether (sulfide) groups is 1. The van der Waals surface area contributed by atoms with Gasteiger partial charge in [0.25, 0.3) is 5.56 Å². The Morgan fingerprint density at radius 2 is 2.16 bits per heavy atom. The Bertz CT molecular complexity index is 1030. The number of hydrogen-bond donors (Lipinski definition) is 1. The quantitative estimate of drug-likeness (QED) is 0.241. The highest BCUT2D eigenvalue weighted by Gasteiger charge is 2.25. The molecule has 1 amide bonds. The number of ether oxygens (including phenoxy) is 1. The average molecular weight is 480 g/mol. The summed E-state index contributed by atoms with van der Waals surface area (Å²) in [5.74, 6) is 0.860. The van der Waals surface area contributed by atoms with Gasteiger partial charge in [0.2, 0.25) is 5.91 Å². The van der Waals surface area contributed by atoms with Crippen LogP contribution >= 0.6 is 23.1 Å². The average Bonchev–Trinajstić information content (AvgIpc) is 3.11. The van der Waals surface area contributed by atoms with Gasteiger partial charge in [-0.3, -0.25) is 19.0 Å². The van der Waals surface area contributed by atoms with Crippen molar-refractivity contribution in [1.29, 1.82) is 0 Å². The molecule has 0 aliphatic heterocycles. The first-order valence-electron chi connectivity index (χ1n) is 11.3. The molecule has 0 saturated heterocycles. The van der Waals surface area contributed by atoms with Crippen molar-refractivity contribution in [2.75, 3.05) is 19.4 Å². The molecule has 0 saturated carbocycles. The number of methoxy groups -OCH3 is 1.